The first-order chi connectivity index (χ1) is 16.1. The van der Waals surface area contributed by atoms with E-state index >= 15 is 0 Å². The van der Waals surface area contributed by atoms with Crippen molar-refractivity contribution in [3.05, 3.63) is 39.9 Å². The molecule has 1 aromatic carbocycles. The Hall–Kier alpha value is -1.81. The Kier molecular flexibility index (Phi) is 14.3. The number of nitro groups is 1. The second-order valence-corrected chi connectivity index (χ2v) is 8.14. The van der Waals surface area contributed by atoms with Crippen LogP contribution in [0.4, 0.5) is 5.69 Å². The van der Waals surface area contributed by atoms with E-state index in [0.717, 1.165) is 5.56 Å². The predicted octanol–water partition coefficient (Wildman–Crippen LogP) is -4.43. The first-order valence-electron chi connectivity index (χ1n) is 10.8. The van der Waals surface area contributed by atoms with Gasteiger partial charge in [-0.2, -0.15) is 0 Å². The summed E-state index contributed by atoms with van der Waals surface area (Å²) < 4.78 is 0. The summed E-state index contributed by atoms with van der Waals surface area (Å²) in [6, 6.07) is 6.10. The van der Waals surface area contributed by atoms with Crippen molar-refractivity contribution in [2.24, 2.45) is 0 Å². The van der Waals surface area contributed by atoms with Gasteiger partial charge >= 0.3 is 39.9 Å². The molecule has 1 radical (unpaired) electrons. The Morgan fingerprint density at radius 2 is 0.971 bits per heavy atom. The van der Waals surface area contributed by atoms with Crippen LogP contribution in [-0.4, -0.2) is 114 Å². The summed E-state index contributed by atoms with van der Waals surface area (Å²) in [4.78, 5) is 50.8. The van der Waals surface area contributed by atoms with Crippen molar-refractivity contribution in [3.63, 3.8) is 0 Å². The monoisotopic (exact) mass is 636 g/mol. The molecule has 1 heterocycles. The first kappa shape index (κ1) is 31.2. The second-order valence-electron chi connectivity index (χ2n) is 8.14. The number of carbonyl (C=O) groups is 3. The van der Waals surface area contributed by atoms with Crippen LogP contribution in [0.1, 0.15) is 5.56 Å². The molecule has 0 aromatic heterocycles. The summed E-state index contributed by atoms with van der Waals surface area (Å²) in [6.45, 7) is 2.04. The molecule has 14 heteroatoms. The van der Waals surface area contributed by atoms with E-state index in [1.54, 1.807) is 26.8 Å². The maximum atomic E-state index is 11.2. The van der Waals surface area contributed by atoms with E-state index in [1.807, 2.05) is 4.90 Å². The molecule has 0 unspecified atom stereocenters. The maximum Gasteiger partial charge on any atom is 3.00 e. The van der Waals surface area contributed by atoms with Crippen LogP contribution in [0.5, 0.6) is 0 Å². The topological polar surface area (TPSA) is 176 Å². The Morgan fingerprint density at radius 1 is 0.657 bits per heavy atom. The quantitative estimate of drug-likeness (QED) is 0.188. The van der Waals surface area contributed by atoms with E-state index in [0.29, 0.717) is 32.7 Å². The zero-order chi connectivity index (χ0) is 25.1. The van der Waals surface area contributed by atoms with Crippen LogP contribution < -0.4 is 15.3 Å². The number of non-ortho nitro benzene ring substituents is 1. The van der Waals surface area contributed by atoms with Crippen LogP contribution in [0.2, 0.25) is 0 Å². The van der Waals surface area contributed by atoms with Gasteiger partial charge in [0.2, 0.25) is 0 Å². The normalized spacial score (nSPS) is 17.5. The SMILES string of the molecule is O=C([O-])CN1CCN(CC(=O)[O-])CCN(Cc2ccc([N+](=O)[O-])cc2)CCN(CC(=O)[O-])CC1.[Gd+3]. The number of carboxylic acid groups (broad SMARTS) is 3. The van der Waals surface area contributed by atoms with Crippen molar-refractivity contribution in [1.29, 1.82) is 0 Å². The maximum absolute atomic E-state index is 11.2. The van der Waals surface area contributed by atoms with Crippen LogP contribution in [0.25, 0.3) is 0 Å². The fraction of sp³-hybridized carbons (Fsp3) is 0.571. The zero-order valence-electron chi connectivity index (χ0n) is 19.2. The van der Waals surface area contributed by atoms with Gasteiger partial charge in [-0.25, -0.2) is 0 Å². The summed E-state index contributed by atoms with van der Waals surface area (Å²) >= 11 is 0. The van der Waals surface area contributed by atoms with Crippen molar-refractivity contribution >= 4 is 23.6 Å². The molecule has 1 saturated heterocycles. The molecule has 0 spiro atoms. The number of carbonyl (C=O) groups excluding carboxylic acids is 3. The van der Waals surface area contributed by atoms with Gasteiger partial charge in [-0.15, -0.1) is 0 Å². The molecule has 2 rings (SSSR count). The Balaban J connectivity index is 0.00000612. The number of nitrogens with zero attached hydrogens (tertiary/aromatic N) is 5. The van der Waals surface area contributed by atoms with Crippen LogP contribution in [0.3, 0.4) is 0 Å². The van der Waals surface area contributed by atoms with E-state index in [4.69, 9.17) is 0 Å². The van der Waals surface area contributed by atoms with Crippen LogP contribution in [-0.2, 0) is 20.9 Å². The molecule has 0 amide bonds. The minimum absolute atomic E-state index is 0. The number of carboxylic acids is 3. The van der Waals surface area contributed by atoms with E-state index in [-0.39, 0.29) is 91.4 Å². The molecule has 0 atom stereocenters. The number of nitro benzene ring substituents is 1. The summed E-state index contributed by atoms with van der Waals surface area (Å²) in [5.41, 5.74) is 0.787. The van der Waals surface area contributed by atoms with Crippen molar-refractivity contribution in [2.45, 2.75) is 6.54 Å². The van der Waals surface area contributed by atoms with Gasteiger partial charge in [0.15, 0.2) is 0 Å². The fourth-order valence-electron chi connectivity index (χ4n) is 3.74. The van der Waals surface area contributed by atoms with Crippen LogP contribution in [0.15, 0.2) is 24.3 Å². The number of hydrogen-bond acceptors (Lipinski definition) is 12. The average molecular weight is 636 g/mol. The molecular formula is C21H28GdN5O8. The molecule has 193 valence electrons. The Labute approximate surface area is 235 Å². The van der Waals surface area contributed by atoms with Crippen LogP contribution in [0, 0.1) is 50.1 Å². The minimum Gasteiger partial charge on any atom is -0.549 e. The summed E-state index contributed by atoms with van der Waals surface area (Å²) in [6.07, 6.45) is 0. The Morgan fingerprint density at radius 3 is 1.26 bits per heavy atom. The smallest absolute Gasteiger partial charge is 0.549 e. The predicted molar refractivity (Wildman–Crippen MR) is 113 cm³/mol. The molecule has 1 aromatic rings. The van der Waals surface area contributed by atoms with Gasteiger partial charge in [0, 0.05) is 90.7 Å². The first-order valence-corrected chi connectivity index (χ1v) is 10.8. The number of aliphatic carboxylic acids is 3. The van der Waals surface area contributed by atoms with E-state index < -0.39 is 22.8 Å². The molecule has 0 bridgehead atoms. The van der Waals surface area contributed by atoms with Gasteiger partial charge in [0.1, 0.15) is 0 Å². The molecule has 0 N–H and O–H groups in total. The van der Waals surface area contributed by atoms with Crippen molar-refractivity contribution in [3.8, 4) is 0 Å². The van der Waals surface area contributed by atoms with Gasteiger partial charge < -0.3 is 29.7 Å². The molecule has 1 aliphatic rings. The third-order valence-corrected chi connectivity index (χ3v) is 5.54. The second kappa shape index (κ2) is 16.0. The standard InChI is InChI=1S/C21H31N5O8.Gd/c27-19(28)14-23-7-5-22(13-17-1-3-18(4-2-17)26(33)34)6-8-24(15-20(29)30)10-12-25(11-9-23)16-21(31)32;/h1-4H,5-16H2,(H,27,28)(H,29,30)(H,31,32);/q;+3/p-3. The molecule has 0 saturated carbocycles. The van der Waals surface area contributed by atoms with Crippen molar-refractivity contribution in [2.75, 3.05) is 72.0 Å². The molecule has 1 fully saturated rings. The van der Waals surface area contributed by atoms with Gasteiger partial charge in [0.05, 0.1) is 22.8 Å². The number of benzene rings is 1. The van der Waals surface area contributed by atoms with Gasteiger partial charge in [-0.1, -0.05) is 12.1 Å². The summed E-state index contributed by atoms with van der Waals surface area (Å²) in [7, 11) is 0. The molecular weight excluding hydrogens is 608 g/mol. The molecule has 35 heavy (non-hydrogen) atoms. The fourth-order valence-corrected chi connectivity index (χ4v) is 3.74. The third-order valence-electron chi connectivity index (χ3n) is 5.54. The van der Waals surface area contributed by atoms with E-state index in [9.17, 15) is 39.8 Å². The largest absolute Gasteiger partial charge is 3.00 e. The molecule has 1 aliphatic heterocycles. The van der Waals surface area contributed by atoms with Gasteiger partial charge in [-0.05, 0) is 5.56 Å². The molecule has 0 aliphatic carbocycles. The van der Waals surface area contributed by atoms with Crippen molar-refractivity contribution < 1.29 is 74.6 Å². The number of rotatable bonds is 9. The number of hydrogen-bond donors (Lipinski definition) is 0. The summed E-state index contributed by atoms with van der Waals surface area (Å²) in [5, 5.41) is 44.4. The van der Waals surface area contributed by atoms with Crippen molar-refractivity contribution in [1.82, 2.24) is 19.6 Å². The Bertz CT molecular complexity index is 825. The van der Waals surface area contributed by atoms with E-state index in [2.05, 4.69) is 0 Å². The van der Waals surface area contributed by atoms with Gasteiger partial charge in [0.25, 0.3) is 5.69 Å². The summed E-state index contributed by atoms with van der Waals surface area (Å²) in [5.74, 6) is -3.78. The average Bonchev–Trinajstić information content (AvgIpc) is 2.74. The van der Waals surface area contributed by atoms with Gasteiger partial charge in [-0.3, -0.25) is 29.7 Å². The zero-order valence-corrected chi connectivity index (χ0v) is 21.4. The molecule has 13 nitrogen and oxygen atoms in total. The third kappa shape index (κ3) is 12.6. The van der Waals surface area contributed by atoms with E-state index in [1.165, 1.54) is 12.1 Å². The van der Waals surface area contributed by atoms with Crippen LogP contribution >= 0.6 is 0 Å². The minimum atomic E-state index is -1.28.